The molecule has 0 spiro atoms. The van der Waals surface area contributed by atoms with Gasteiger partial charge in [-0.2, -0.15) is 0 Å². The Labute approximate surface area is 213 Å². The van der Waals surface area contributed by atoms with Gasteiger partial charge in [-0.05, 0) is 37.1 Å². The Kier molecular flexibility index (Phi) is 7.80. The van der Waals surface area contributed by atoms with E-state index in [9.17, 15) is 9.59 Å². The first-order valence-corrected chi connectivity index (χ1v) is 13.7. The van der Waals surface area contributed by atoms with Crippen LogP contribution >= 0.6 is 0 Å². The molecule has 0 fully saturated rings. The van der Waals surface area contributed by atoms with Crippen LogP contribution in [-0.2, 0) is 6.54 Å². The molecular weight excluding hydrogens is 444 g/mol. The fourth-order valence-corrected chi connectivity index (χ4v) is 5.64. The maximum absolute atomic E-state index is 12.4. The van der Waals surface area contributed by atoms with Gasteiger partial charge in [0.2, 0.25) is 0 Å². The summed E-state index contributed by atoms with van der Waals surface area (Å²) in [6, 6.07) is 24.6. The molecule has 2 heterocycles. The highest BCUT2D eigenvalue weighted by molar-refractivity contribution is 6.21. The predicted molar refractivity (Wildman–Crippen MR) is 147 cm³/mol. The van der Waals surface area contributed by atoms with Crippen LogP contribution in [0, 0.1) is 0 Å². The zero-order valence-corrected chi connectivity index (χ0v) is 21.1. The summed E-state index contributed by atoms with van der Waals surface area (Å²) in [5.74, 6) is -0.262. The molecule has 2 amide bonds. The third kappa shape index (κ3) is 5.09. The van der Waals surface area contributed by atoms with Gasteiger partial charge in [0.25, 0.3) is 11.8 Å². The van der Waals surface area contributed by atoms with Crippen molar-refractivity contribution in [2.24, 2.45) is 0 Å². The lowest BCUT2D eigenvalue weighted by Crippen LogP contribution is -2.30. The molecule has 1 aliphatic rings. The van der Waals surface area contributed by atoms with Crippen LogP contribution in [0.4, 0.5) is 0 Å². The molecule has 186 valence electrons. The summed E-state index contributed by atoms with van der Waals surface area (Å²) in [7, 11) is 0. The Morgan fingerprint density at radius 3 is 1.33 bits per heavy atom. The van der Waals surface area contributed by atoms with E-state index in [1.807, 2.05) is 12.1 Å². The van der Waals surface area contributed by atoms with Gasteiger partial charge in [0.1, 0.15) is 0 Å². The van der Waals surface area contributed by atoms with Gasteiger partial charge in [0, 0.05) is 34.9 Å². The van der Waals surface area contributed by atoms with E-state index < -0.39 is 0 Å². The second-order valence-corrected chi connectivity index (χ2v) is 10.0. The molecule has 0 unspecified atom stereocenters. The standard InChI is InChI=1S/C32H36N2O2/c35-31-27-19-9-10-20-28(27)32(36)34(31)24-16-8-6-4-2-1-3-5-7-15-23-33-29-21-13-11-17-25(29)26-18-12-14-22-30(26)33/h9-14,17-22H,1-8,15-16,23-24H2. The maximum Gasteiger partial charge on any atom is 0.261 e. The Morgan fingerprint density at radius 1 is 0.444 bits per heavy atom. The van der Waals surface area contributed by atoms with Gasteiger partial charge >= 0.3 is 0 Å². The zero-order valence-electron chi connectivity index (χ0n) is 21.1. The van der Waals surface area contributed by atoms with E-state index in [-0.39, 0.29) is 11.8 Å². The number of hydrogen-bond donors (Lipinski definition) is 0. The highest BCUT2D eigenvalue weighted by Crippen LogP contribution is 2.29. The number of aryl methyl sites for hydroxylation is 1. The molecule has 0 saturated heterocycles. The topological polar surface area (TPSA) is 42.3 Å². The molecule has 4 heteroatoms. The van der Waals surface area contributed by atoms with E-state index in [0.29, 0.717) is 17.7 Å². The summed E-state index contributed by atoms with van der Waals surface area (Å²) in [4.78, 5) is 26.2. The minimum absolute atomic E-state index is 0.131. The second kappa shape index (κ2) is 11.6. The highest BCUT2D eigenvalue weighted by atomic mass is 16.2. The van der Waals surface area contributed by atoms with Gasteiger partial charge in [0.15, 0.2) is 0 Å². The van der Waals surface area contributed by atoms with Gasteiger partial charge < -0.3 is 4.57 Å². The molecule has 1 aliphatic heterocycles. The summed E-state index contributed by atoms with van der Waals surface area (Å²) in [5.41, 5.74) is 3.80. The molecule has 3 aromatic carbocycles. The van der Waals surface area contributed by atoms with E-state index in [0.717, 1.165) is 19.4 Å². The molecule has 36 heavy (non-hydrogen) atoms. The molecule has 0 atom stereocenters. The fraction of sp³-hybridized carbons (Fsp3) is 0.375. The SMILES string of the molecule is O=C1c2ccccc2C(=O)N1CCCCCCCCCCCCn1c2ccccc2c2ccccc21. The van der Waals surface area contributed by atoms with Gasteiger partial charge in [0.05, 0.1) is 11.1 Å². The number of aromatic nitrogens is 1. The van der Waals surface area contributed by atoms with Gasteiger partial charge in [-0.1, -0.05) is 99.9 Å². The summed E-state index contributed by atoms with van der Waals surface area (Å²) in [6.07, 6.45) is 12.1. The van der Waals surface area contributed by atoms with Crippen molar-refractivity contribution in [2.75, 3.05) is 6.54 Å². The Bertz CT molecular complexity index is 1260. The van der Waals surface area contributed by atoms with Crippen molar-refractivity contribution in [3.05, 3.63) is 83.9 Å². The number of carbonyl (C=O) groups excluding carboxylic acids is 2. The van der Waals surface area contributed by atoms with Crippen LogP contribution in [0.2, 0.25) is 0 Å². The lowest BCUT2D eigenvalue weighted by molar-refractivity contribution is 0.0651. The first-order chi connectivity index (χ1) is 17.8. The monoisotopic (exact) mass is 480 g/mol. The largest absolute Gasteiger partial charge is 0.340 e. The van der Waals surface area contributed by atoms with E-state index in [1.54, 1.807) is 12.1 Å². The Morgan fingerprint density at radius 2 is 0.833 bits per heavy atom. The summed E-state index contributed by atoms with van der Waals surface area (Å²) >= 11 is 0. The highest BCUT2D eigenvalue weighted by Gasteiger charge is 2.34. The second-order valence-electron chi connectivity index (χ2n) is 10.0. The van der Waals surface area contributed by atoms with Gasteiger partial charge in [-0.3, -0.25) is 14.5 Å². The molecule has 0 bridgehead atoms. The van der Waals surface area contributed by atoms with Gasteiger partial charge in [-0.25, -0.2) is 0 Å². The molecule has 4 nitrogen and oxygen atoms in total. The van der Waals surface area contributed by atoms with E-state index >= 15 is 0 Å². The van der Waals surface area contributed by atoms with Crippen LogP contribution in [-0.4, -0.2) is 27.8 Å². The molecule has 0 aliphatic carbocycles. The smallest absolute Gasteiger partial charge is 0.261 e. The lowest BCUT2D eigenvalue weighted by atomic mass is 10.1. The third-order valence-electron chi connectivity index (χ3n) is 7.57. The quantitative estimate of drug-likeness (QED) is 0.144. The summed E-state index contributed by atoms with van der Waals surface area (Å²) < 4.78 is 2.49. The number of fused-ring (bicyclic) bond motifs is 4. The molecule has 0 radical (unpaired) electrons. The number of unbranched alkanes of at least 4 members (excludes halogenated alkanes) is 9. The lowest BCUT2D eigenvalue weighted by Gasteiger charge is -2.13. The van der Waals surface area contributed by atoms with Crippen molar-refractivity contribution >= 4 is 33.6 Å². The fourth-order valence-electron chi connectivity index (χ4n) is 5.64. The van der Waals surface area contributed by atoms with Crippen LogP contribution in [0.3, 0.4) is 0 Å². The first kappa shape index (κ1) is 24.3. The first-order valence-electron chi connectivity index (χ1n) is 13.7. The van der Waals surface area contributed by atoms with Crippen molar-refractivity contribution in [2.45, 2.75) is 70.8 Å². The predicted octanol–water partition coefficient (Wildman–Crippen LogP) is 7.99. The van der Waals surface area contributed by atoms with Crippen molar-refractivity contribution in [3.63, 3.8) is 0 Å². The molecule has 0 saturated carbocycles. The van der Waals surface area contributed by atoms with E-state index in [2.05, 4.69) is 53.1 Å². The summed E-state index contributed by atoms with van der Waals surface area (Å²) in [6.45, 7) is 1.62. The van der Waals surface area contributed by atoms with Crippen LogP contribution < -0.4 is 0 Å². The number of benzene rings is 3. The van der Waals surface area contributed by atoms with Crippen LogP contribution in [0.1, 0.15) is 84.9 Å². The van der Waals surface area contributed by atoms with E-state index in [1.165, 1.54) is 78.1 Å². The minimum atomic E-state index is -0.131. The normalized spacial score (nSPS) is 13.3. The number of hydrogen-bond acceptors (Lipinski definition) is 2. The minimum Gasteiger partial charge on any atom is -0.340 e. The van der Waals surface area contributed by atoms with Crippen molar-refractivity contribution in [1.82, 2.24) is 9.47 Å². The average molecular weight is 481 g/mol. The van der Waals surface area contributed by atoms with Crippen LogP contribution in [0.25, 0.3) is 21.8 Å². The van der Waals surface area contributed by atoms with Gasteiger partial charge in [-0.15, -0.1) is 0 Å². The number of carbonyl (C=O) groups is 2. The number of rotatable bonds is 13. The zero-order chi connectivity index (χ0) is 24.7. The average Bonchev–Trinajstić information content (AvgIpc) is 3.36. The van der Waals surface area contributed by atoms with Crippen LogP contribution in [0.15, 0.2) is 72.8 Å². The molecule has 1 aromatic heterocycles. The number of para-hydroxylation sites is 2. The number of imide groups is 1. The number of nitrogens with zero attached hydrogens (tertiary/aromatic N) is 2. The van der Waals surface area contributed by atoms with Crippen LogP contribution in [0.5, 0.6) is 0 Å². The third-order valence-corrected chi connectivity index (χ3v) is 7.57. The van der Waals surface area contributed by atoms with Crippen molar-refractivity contribution in [3.8, 4) is 0 Å². The summed E-state index contributed by atoms with van der Waals surface area (Å²) in [5, 5.41) is 2.72. The van der Waals surface area contributed by atoms with Crippen molar-refractivity contribution in [1.29, 1.82) is 0 Å². The molecule has 4 aromatic rings. The van der Waals surface area contributed by atoms with E-state index in [4.69, 9.17) is 0 Å². The molecule has 5 rings (SSSR count). The van der Waals surface area contributed by atoms with Crippen molar-refractivity contribution < 1.29 is 9.59 Å². The Hall–Kier alpha value is -3.40. The maximum atomic E-state index is 12.4. The number of amides is 2. The molecular formula is C32H36N2O2. The Balaban J connectivity index is 0.932. The molecule has 0 N–H and O–H groups in total.